The van der Waals surface area contributed by atoms with Gasteiger partial charge in [0.25, 0.3) is 0 Å². The van der Waals surface area contributed by atoms with Crippen molar-refractivity contribution in [1.82, 2.24) is 9.80 Å². The van der Waals surface area contributed by atoms with Gasteiger partial charge in [-0.1, -0.05) is 0 Å². The molecule has 1 fully saturated rings. The lowest BCUT2D eigenvalue weighted by Gasteiger charge is -2.38. The van der Waals surface area contributed by atoms with E-state index in [2.05, 4.69) is 27.8 Å². The topological polar surface area (TPSA) is 56.9 Å². The third kappa shape index (κ3) is 3.38. The van der Waals surface area contributed by atoms with Gasteiger partial charge >= 0.3 is 5.97 Å². The van der Waals surface area contributed by atoms with Crippen LogP contribution in [0.15, 0.2) is 21.2 Å². The standard InChI is InChI=1S/C13H19BrN2O3/c1-9(11-3-4-12(14)19-11)15-5-7-16(8-6-15)10(2)13(17)18/h3-4,9-10H,5-8H2,1-2H3,(H,17,18). The number of halogens is 1. The van der Waals surface area contributed by atoms with Crippen LogP contribution in [0.25, 0.3) is 0 Å². The Hall–Kier alpha value is -0.850. The number of carboxylic acids is 1. The summed E-state index contributed by atoms with van der Waals surface area (Å²) in [5, 5.41) is 9.01. The molecule has 5 nitrogen and oxygen atoms in total. The predicted octanol–water partition coefficient (Wildman–Crippen LogP) is 2.19. The van der Waals surface area contributed by atoms with Gasteiger partial charge in [0, 0.05) is 26.2 Å². The number of carboxylic acid groups (broad SMARTS) is 1. The van der Waals surface area contributed by atoms with Crippen LogP contribution in [-0.2, 0) is 4.79 Å². The van der Waals surface area contributed by atoms with E-state index < -0.39 is 12.0 Å². The average Bonchev–Trinajstić information content (AvgIpc) is 2.84. The van der Waals surface area contributed by atoms with E-state index in [4.69, 9.17) is 9.52 Å². The highest BCUT2D eigenvalue weighted by molar-refractivity contribution is 9.10. The lowest BCUT2D eigenvalue weighted by atomic mass is 10.1. The number of hydrogen-bond donors (Lipinski definition) is 1. The molecule has 1 aromatic heterocycles. The summed E-state index contributed by atoms with van der Waals surface area (Å²) < 4.78 is 6.32. The molecular weight excluding hydrogens is 312 g/mol. The zero-order valence-corrected chi connectivity index (χ0v) is 12.8. The molecular formula is C13H19BrN2O3. The molecule has 0 saturated carbocycles. The molecule has 0 bridgehead atoms. The minimum atomic E-state index is -0.753. The van der Waals surface area contributed by atoms with Crippen molar-refractivity contribution in [3.63, 3.8) is 0 Å². The van der Waals surface area contributed by atoms with Gasteiger partial charge in [0.1, 0.15) is 11.8 Å². The Bertz CT molecular complexity index is 441. The minimum absolute atomic E-state index is 0.216. The molecule has 0 radical (unpaired) electrons. The summed E-state index contributed by atoms with van der Waals surface area (Å²) in [6.07, 6.45) is 0. The van der Waals surface area contributed by atoms with Gasteiger partial charge in [-0.25, -0.2) is 0 Å². The van der Waals surface area contributed by atoms with Crippen molar-refractivity contribution >= 4 is 21.9 Å². The van der Waals surface area contributed by atoms with Gasteiger partial charge in [0.2, 0.25) is 0 Å². The Morgan fingerprint density at radius 3 is 2.32 bits per heavy atom. The maximum Gasteiger partial charge on any atom is 0.320 e. The SMILES string of the molecule is CC(C(=O)O)N1CCN(C(C)c2ccc(Br)o2)CC1. The van der Waals surface area contributed by atoms with E-state index in [1.165, 1.54) is 0 Å². The lowest BCUT2D eigenvalue weighted by Crippen LogP contribution is -2.52. The average molecular weight is 331 g/mol. The fourth-order valence-electron chi connectivity index (χ4n) is 2.40. The molecule has 106 valence electrons. The van der Waals surface area contributed by atoms with E-state index in [-0.39, 0.29) is 6.04 Å². The van der Waals surface area contributed by atoms with E-state index in [9.17, 15) is 4.79 Å². The molecule has 0 aliphatic carbocycles. The Morgan fingerprint density at radius 1 is 1.26 bits per heavy atom. The van der Waals surface area contributed by atoms with E-state index in [0.717, 1.165) is 36.6 Å². The summed E-state index contributed by atoms with van der Waals surface area (Å²) in [5.74, 6) is 0.183. The number of hydrogen-bond acceptors (Lipinski definition) is 4. The van der Waals surface area contributed by atoms with Gasteiger partial charge < -0.3 is 9.52 Å². The summed E-state index contributed by atoms with van der Waals surface area (Å²) >= 11 is 3.31. The normalized spacial score (nSPS) is 21.2. The van der Waals surface area contributed by atoms with Crippen LogP contribution in [-0.4, -0.2) is 53.1 Å². The summed E-state index contributed by atoms with van der Waals surface area (Å²) in [5.41, 5.74) is 0. The highest BCUT2D eigenvalue weighted by atomic mass is 79.9. The van der Waals surface area contributed by atoms with Crippen LogP contribution < -0.4 is 0 Å². The third-order valence-corrected chi connectivity index (χ3v) is 4.23. The van der Waals surface area contributed by atoms with Crippen molar-refractivity contribution in [2.75, 3.05) is 26.2 Å². The maximum absolute atomic E-state index is 11.0. The number of aliphatic carboxylic acids is 1. The monoisotopic (exact) mass is 330 g/mol. The molecule has 1 N–H and O–H groups in total. The van der Waals surface area contributed by atoms with Gasteiger partial charge in [-0.05, 0) is 41.9 Å². The number of furan rings is 1. The maximum atomic E-state index is 11.0. The van der Waals surface area contributed by atoms with E-state index >= 15 is 0 Å². The Morgan fingerprint density at radius 2 is 1.84 bits per heavy atom. The summed E-state index contributed by atoms with van der Waals surface area (Å²) in [6, 6.07) is 3.68. The molecule has 0 aromatic carbocycles. The van der Waals surface area contributed by atoms with Gasteiger partial charge in [-0.2, -0.15) is 0 Å². The lowest BCUT2D eigenvalue weighted by molar-refractivity contribution is -0.143. The highest BCUT2D eigenvalue weighted by Crippen LogP contribution is 2.25. The van der Waals surface area contributed by atoms with Crippen LogP contribution in [0.5, 0.6) is 0 Å². The van der Waals surface area contributed by atoms with Crippen molar-refractivity contribution in [2.24, 2.45) is 0 Å². The Labute approximate surface area is 121 Å². The van der Waals surface area contributed by atoms with Gasteiger partial charge in [0.05, 0.1) is 6.04 Å². The van der Waals surface area contributed by atoms with Crippen LogP contribution in [0.1, 0.15) is 25.6 Å². The molecule has 6 heteroatoms. The smallest absolute Gasteiger partial charge is 0.320 e. The molecule has 2 unspecified atom stereocenters. The third-order valence-electron chi connectivity index (χ3n) is 3.81. The number of nitrogens with zero attached hydrogens (tertiary/aromatic N) is 2. The molecule has 1 aliphatic heterocycles. The van der Waals surface area contributed by atoms with Crippen LogP contribution >= 0.6 is 15.9 Å². The summed E-state index contributed by atoms with van der Waals surface area (Å²) in [4.78, 5) is 15.3. The zero-order chi connectivity index (χ0) is 14.0. The molecule has 1 aliphatic rings. The van der Waals surface area contributed by atoms with Crippen LogP contribution in [0.3, 0.4) is 0 Å². The van der Waals surface area contributed by atoms with Crippen molar-refractivity contribution in [2.45, 2.75) is 25.9 Å². The Balaban J connectivity index is 1.91. The summed E-state index contributed by atoms with van der Waals surface area (Å²) in [6.45, 7) is 7.13. The van der Waals surface area contributed by atoms with Crippen molar-refractivity contribution in [1.29, 1.82) is 0 Å². The summed E-state index contributed by atoms with van der Waals surface area (Å²) in [7, 11) is 0. The predicted molar refractivity (Wildman–Crippen MR) is 75.1 cm³/mol. The molecule has 0 spiro atoms. The largest absolute Gasteiger partial charge is 0.480 e. The zero-order valence-electron chi connectivity index (χ0n) is 11.2. The van der Waals surface area contributed by atoms with E-state index in [1.807, 2.05) is 17.0 Å². The van der Waals surface area contributed by atoms with Crippen molar-refractivity contribution in [3.05, 3.63) is 22.6 Å². The molecule has 0 amide bonds. The van der Waals surface area contributed by atoms with Gasteiger partial charge in [0.15, 0.2) is 4.67 Å². The molecule has 2 rings (SSSR count). The molecule has 1 aromatic rings. The first-order valence-corrected chi connectivity index (χ1v) is 7.24. The first kappa shape index (κ1) is 14.6. The first-order chi connectivity index (χ1) is 8.99. The molecule has 2 heterocycles. The van der Waals surface area contributed by atoms with Gasteiger partial charge in [-0.15, -0.1) is 0 Å². The van der Waals surface area contributed by atoms with E-state index in [0.29, 0.717) is 0 Å². The van der Waals surface area contributed by atoms with E-state index in [1.54, 1.807) is 6.92 Å². The molecule has 1 saturated heterocycles. The van der Waals surface area contributed by atoms with Crippen LogP contribution in [0.2, 0.25) is 0 Å². The quantitative estimate of drug-likeness (QED) is 0.917. The second kappa shape index (κ2) is 6.07. The fourth-order valence-corrected chi connectivity index (χ4v) is 2.72. The second-order valence-corrected chi connectivity index (χ2v) is 5.69. The highest BCUT2D eigenvalue weighted by Gasteiger charge is 2.28. The number of carbonyl (C=O) groups is 1. The fraction of sp³-hybridized carbons (Fsp3) is 0.615. The van der Waals surface area contributed by atoms with Crippen LogP contribution in [0, 0.1) is 0 Å². The number of piperazine rings is 1. The first-order valence-electron chi connectivity index (χ1n) is 6.45. The van der Waals surface area contributed by atoms with Gasteiger partial charge in [-0.3, -0.25) is 14.6 Å². The van der Waals surface area contributed by atoms with Crippen molar-refractivity contribution < 1.29 is 14.3 Å². The Kier molecular flexibility index (Phi) is 4.65. The number of rotatable bonds is 4. The molecule has 19 heavy (non-hydrogen) atoms. The minimum Gasteiger partial charge on any atom is -0.480 e. The van der Waals surface area contributed by atoms with Crippen LogP contribution in [0.4, 0.5) is 0 Å². The molecule has 2 atom stereocenters. The second-order valence-electron chi connectivity index (χ2n) is 4.90. The van der Waals surface area contributed by atoms with Crippen molar-refractivity contribution in [3.8, 4) is 0 Å².